The summed E-state index contributed by atoms with van der Waals surface area (Å²) in [6.07, 6.45) is 0. The van der Waals surface area contributed by atoms with Gasteiger partial charge in [-0.25, -0.2) is 4.79 Å². The summed E-state index contributed by atoms with van der Waals surface area (Å²) >= 11 is 0. The van der Waals surface area contributed by atoms with Gasteiger partial charge in [0.25, 0.3) is 0 Å². The van der Waals surface area contributed by atoms with Crippen LogP contribution in [-0.4, -0.2) is 11.1 Å². The number of carbonyl (C=O) groups is 1. The summed E-state index contributed by atoms with van der Waals surface area (Å²) in [6.45, 7) is 0. The summed E-state index contributed by atoms with van der Waals surface area (Å²) in [4.78, 5) is 14.7. The van der Waals surface area contributed by atoms with Crippen molar-refractivity contribution in [1.82, 2.24) is 4.58 Å². The van der Waals surface area contributed by atoms with Crippen LogP contribution < -0.4 is 14.8 Å². The molecule has 0 spiro atoms. The van der Waals surface area contributed by atoms with Crippen LogP contribution in [0.25, 0.3) is 33.4 Å². The zero-order valence-corrected chi connectivity index (χ0v) is 26.5. The number of aromatic carboxylic acids is 1. The lowest BCUT2D eigenvalue weighted by Gasteiger charge is -2.26. The van der Waals surface area contributed by atoms with E-state index < -0.39 is 5.97 Å². The average Bonchev–Trinajstić information content (AvgIpc) is 3.16. The Kier molecular flexibility index (Phi) is 7.76. The van der Waals surface area contributed by atoms with Crippen molar-refractivity contribution in [3.63, 3.8) is 0 Å². The second-order valence-electron chi connectivity index (χ2n) is 11.7. The zero-order valence-electron chi connectivity index (χ0n) is 26.5. The second-order valence-corrected chi connectivity index (χ2v) is 11.7. The Labute approximate surface area is 283 Å². The minimum absolute atomic E-state index is 0.231. The van der Waals surface area contributed by atoms with Crippen LogP contribution in [0.2, 0.25) is 0 Å². The van der Waals surface area contributed by atoms with E-state index in [1.165, 1.54) is 0 Å². The maximum Gasteiger partial charge on any atom is 0.336 e. The van der Waals surface area contributed by atoms with Crippen molar-refractivity contribution in [1.29, 1.82) is 0 Å². The van der Waals surface area contributed by atoms with E-state index in [4.69, 9.17) is 4.42 Å². The molecule has 0 saturated carbocycles. The molecule has 1 heterocycles. The summed E-state index contributed by atoms with van der Waals surface area (Å²) in [5.41, 5.74) is 8.08. The lowest BCUT2D eigenvalue weighted by Crippen LogP contribution is -2.21. The Bertz CT molecular complexity index is 2380. The van der Waals surface area contributed by atoms with E-state index in [2.05, 4.69) is 70.1 Å². The first-order valence-electron chi connectivity index (χ1n) is 16.1. The van der Waals surface area contributed by atoms with Crippen LogP contribution in [0, 0.1) is 0 Å². The predicted octanol–water partition coefficient (Wildman–Crippen LogP) is 10.8. The van der Waals surface area contributed by atoms with Gasteiger partial charge in [0.1, 0.15) is 11.3 Å². The molecule has 0 saturated heterocycles. The molecule has 0 aromatic heterocycles. The fourth-order valence-electron chi connectivity index (χ4n) is 6.53. The van der Waals surface area contributed by atoms with Crippen molar-refractivity contribution in [2.45, 2.75) is 0 Å². The first kappa shape index (κ1) is 29.7. The molecule has 8 rings (SSSR count). The molecule has 0 radical (unpaired) electrons. The number of benzene rings is 7. The molecule has 1 N–H and O–H groups in total. The fraction of sp³-hybridized carbons (Fsp3) is 0. The highest BCUT2D eigenvalue weighted by Gasteiger charge is 2.24. The number of para-hydroxylation sites is 4. The standard InChI is InChI=1S/C44H30N2O3/c47-44(48)38-24-14-13-23-37(38)43-39-27-25-35(45(31-15-5-1-6-16-31)32-17-7-2-8-18-32)29-41(39)49-42-30-36(26-28-40(42)43)46(33-19-9-3-10-20-33)34-21-11-4-12-22-34/h1-30H/p+1. The van der Waals surface area contributed by atoms with Crippen LogP contribution >= 0.6 is 0 Å². The Balaban J connectivity index is 1.45. The van der Waals surface area contributed by atoms with Gasteiger partial charge < -0.3 is 14.4 Å². The van der Waals surface area contributed by atoms with Crippen LogP contribution in [-0.2, 0) is 0 Å². The molecule has 5 nitrogen and oxygen atoms in total. The van der Waals surface area contributed by atoms with Crippen molar-refractivity contribution >= 4 is 45.4 Å². The summed E-state index contributed by atoms with van der Waals surface area (Å²) in [5, 5.41) is 12.0. The number of hydrogen-bond donors (Lipinski definition) is 1. The van der Waals surface area contributed by atoms with Gasteiger partial charge in [0.05, 0.1) is 11.6 Å². The first-order chi connectivity index (χ1) is 24.2. The Morgan fingerprint density at radius 1 is 0.531 bits per heavy atom. The summed E-state index contributed by atoms with van der Waals surface area (Å²) in [5.74, 6) is -0.343. The number of hydrogen-bond acceptors (Lipinski definition) is 3. The number of anilines is 3. The number of fused-ring (bicyclic) bond motifs is 2. The minimum Gasteiger partial charge on any atom is -0.478 e. The van der Waals surface area contributed by atoms with Crippen molar-refractivity contribution in [3.05, 3.63) is 193 Å². The molecule has 0 bridgehead atoms. The summed E-state index contributed by atoms with van der Waals surface area (Å²) in [6, 6.07) is 60.3. The number of carboxylic acid groups (broad SMARTS) is 1. The van der Waals surface area contributed by atoms with Gasteiger partial charge in [0.2, 0.25) is 16.7 Å². The van der Waals surface area contributed by atoms with E-state index in [9.17, 15) is 9.90 Å². The second kappa shape index (κ2) is 12.8. The first-order valence-corrected chi connectivity index (χ1v) is 16.1. The third-order valence-electron chi connectivity index (χ3n) is 8.69. The SMILES string of the molecule is O=C(O)c1ccccc1-c1c2ccc(=[N+](c3ccccc3)c3ccccc3)cc-2oc2cc(N(c3ccccc3)c3ccccc3)ccc12. The average molecular weight is 636 g/mol. The van der Waals surface area contributed by atoms with E-state index in [1.54, 1.807) is 12.1 Å². The maximum atomic E-state index is 12.5. The molecule has 49 heavy (non-hydrogen) atoms. The van der Waals surface area contributed by atoms with Gasteiger partial charge in [-0.1, -0.05) is 91.0 Å². The van der Waals surface area contributed by atoms with Gasteiger partial charge in [-0.3, -0.25) is 0 Å². The Morgan fingerprint density at radius 3 is 1.67 bits per heavy atom. The molecular formula is C44H31N2O3+. The van der Waals surface area contributed by atoms with Crippen molar-refractivity contribution in [2.24, 2.45) is 0 Å². The van der Waals surface area contributed by atoms with Crippen molar-refractivity contribution in [2.75, 3.05) is 4.90 Å². The highest BCUT2D eigenvalue weighted by molar-refractivity contribution is 6.08. The predicted molar refractivity (Wildman–Crippen MR) is 197 cm³/mol. The lowest BCUT2D eigenvalue weighted by molar-refractivity contribution is 0.0697. The zero-order chi connectivity index (χ0) is 33.2. The largest absolute Gasteiger partial charge is 0.478 e. The van der Waals surface area contributed by atoms with Gasteiger partial charge in [0.15, 0.2) is 0 Å². The molecule has 5 heteroatoms. The summed E-state index contributed by atoms with van der Waals surface area (Å²) in [7, 11) is 0. The third-order valence-corrected chi connectivity index (χ3v) is 8.69. The van der Waals surface area contributed by atoms with Crippen LogP contribution in [0.3, 0.4) is 0 Å². The molecule has 234 valence electrons. The fourth-order valence-corrected chi connectivity index (χ4v) is 6.53. The van der Waals surface area contributed by atoms with Gasteiger partial charge in [0, 0.05) is 70.0 Å². The molecule has 1 aliphatic carbocycles. The van der Waals surface area contributed by atoms with Crippen LogP contribution in [0.5, 0.6) is 0 Å². The molecule has 6 aromatic carbocycles. The maximum absolute atomic E-state index is 12.5. The van der Waals surface area contributed by atoms with E-state index in [-0.39, 0.29) is 5.56 Å². The van der Waals surface area contributed by atoms with Crippen molar-refractivity contribution < 1.29 is 14.3 Å². The van der Waals surface area contributed by atoms with E-state index in [0.29, 0.717) is 16.9 Å². The van der Waals surface area contributed by atoms with Crippen LogP contribution in [0.15, 0.2) is 186 Å². The number of rotatable bonds is 7. The van der Waals surface area contributed by atoms with E-state index >= 15 is 0 Å². The molecule has 0 amide bonds. The smallest absolute Gasteiger partial charge is 0.336 e. The van der Waals surface area contributed by atoms with Gasteiger partial charge in [-0.05, 0) is 54.1 Å². The molecule has 1 aliphatic heterocycles. The van der Waals surface area contributed by atoms with Crippen LogP contribution in [0.1, 0.15) is 10.4 Å². The summed E-state index contributed by atoms with van der Waals surface area (Å²) < 4.78 is 9.02. The van der Waals surface area contributed by atoms with Gasteiger partial charge >= 0.3 is 5.97 Å². The van der Waals surface area contributed by atoms with Crippen molar-refractivity contribution in [3.8, 4) is 22.5 Å². The molecule has 0 atom stereocenters. The molecule has 6 aromatic rings. The Hall–Kier alpha value is -6.72. The molecular weight excluding hydrogens is 604 g/mol. The highest BCUT2D eigenvalue weighted by atomic mass is 16.4. The molecule has 2 aliphatic rings. The highest BCUT2D eigenvalue weighted by Crippen LogP contribution is 2.43. The number of carboxylic acids is 1. The Morgan fingerprint density at radius 2 is 1.08 bits per heavy atom. The monoisotopic (exact) mass is 635 g/mol. The van der Waals surface area contributed by atoms with Crippen LogP contribution in [0.4, 0.5) is 28.4 Å². The van der Waals surface area contributed by atoms with E-state index in [0.717, 1.165) is 50.3 Å². The molecule has 0 unspecified atom stereocenters. The minimum atomic E-state index is -0.982. The topological polar surface area (TPSA) is 56.7 Å². The molecule has 0 fully saturated rings. The van der Waals surface area contributed by atoms with E-state index in [1.807, 2.05) is 109 Å². The van der Waals surface area contributed by atoms with Gasteiger partial charge in [-0.2, -0.15) is 4.58 Å². The third kappa shape index (κ3) is 5.64. The quantitative estimate of drug-likeness (QED) is 0.140. The lowest BCUT2D eigenvalue weighted by atomic mass is 9.90. The number of nitrogens with zero attached hydrogens (tertiary/aromatic N) is 2. The van der Waals surface area contributed by atoms with Gasteiger partial charge in [-0.15, -0.1) is 0 Å². The normalized spacial score (nSPS) is 11.0.